The van der Waals surface area contributed by atoms with Gasteiger partial charge in [0.05, 0.1) is 6.61 Å². The molecule has 2 rings (SSSR count). The van der Waals surface area contributed by atoms with Crippen molar-refractivity contribution in [3.05, 3.63) is 76.4 Å². The highest BCUT2D eigenvalue weighted by Crippen LogP contribution is 2.28. The molecule has 0 aliphatic rings. The van der Waals surface area contributed by atoms with E-state index >= 15 is 0 Å². The minimum atomic E-state index is -0.563. The number of ether oxygens (including phenoxy) is 1. The summed E-state index contributed by atoms with van der Waals surface area (Å²) in [6.45, 7) is 6.36. The maximum absolute atomic E-state index is 12.5. The Labute approximate surface area is 149 Å². The molecule has 0 aromatic heterocycles. The summed E-state index contributed by atoms with van der Waals surface area (Å²) in [5.41, 5.74) is 4.57. The largest absolute Gasteiger partial charge is 0.462 e. The molecule has 3 nitrogen and oxygen atoms in total. The summed E-state index contributed by atoms with van der Waals surface area (Å²) in [5.74, 6) is -0.563. The number of benzene rings is 2. The van der Waals surface area contributed by atoms with Crippen LogP contribution < -0.4 is 0 Å². The molecule has 25 heavy (non-hydrogen) atoms. The van der Waals surface area contributed by atoms with E-state index in [-0.39, 0.29) is 5.57 Å². The molecule has 0 saturated heterocycles. The number of nitrogens with zero attached hydrogens (tertiary/aromatic N) is 1. The third-order valence-corrected chi connectivity index (χ3v) is 3.98. The number of hydrogen-bond donors (Lipinski definition) is 0. The number of esters is 1. The van der Waals surface area contributed by atoms with Crippen molar-refractivity contribution in [2.24, 2.45) is 0 Å². The van der Waals surface area contributed by atoms with Crippen LogP contribution in [-0.4, -0.2) is 12.6 Å². The molecular formula is C22H23NO2. The van der Waals surface area contributed by atoms with E-state index < -0.39 is 5.97 Å². The van der Waals surface area contributed by atoms with Crippen LogP contribution in [0.15, 0.2) is 54.1 Å². The zero-order valence-corrected chi connectivity index (χ0v) is 15.0. The lowest BCUT2D eigenvalue weighted by Gasteiger charge is -2.12. The van der Waals surface area contributed by atoms with E-state index in [1.54, 1.807) is 0 Å². The van der Waals surface area contributed by atoms with Crippen LogP contribution in [0.3, 0.4) is 0 Å². The van der Waals surface area contributed by atoms with Gasteiger partial charge in [-0.1, -0.05) is 73.0 Å². The molecule has 0 amide bonds. The Morgan fingerprint density at radius 2 is 1.44 bits per heavy atom. The minimum Gasteiger partial charge on any atom is -0.462 e. The summed E-state index contributed by atoms with van der Waals surface area (Å²) in [6.07, 6.45) is 1.72. The average Bonchev–Trinajstić information content (AvgIpc) is 2.62. The first-order chi connectivity index (χ1) is 12.1. The first-order valence-electron chi connectivity index (χ1n) is 8.52. The summed E-state index contributed by atoms with van der Waals surface area (Å²) in [5, 5.41) is 9.65. The van der Waals surface area contributed by atoms with Crippen LogP contribution in [0.1, 0.15) is 42.0 Å². The molecule has 0 heterocycles. The second-order valence-electron chi connectivity index (χ2n) is 6.08. The fraction of sp³-hybridized carbons (Fsp3) is 0.273. The van der Waals surface area contributed by atoms with E-state index in [1.807, 2.05) is 69.3 Å². The molecule has 0 atom stereocenters. The number of aryl methyl sites for hydroxylation is 2. The molecule has 0 aliphatic heterocycles. The van der Waals surface area contributed by atoms with Gasteiger partial charge in [-0.3, -0.25) is 0 Å². The van der Waals surface area contributed by atoms with Crippen molar-refractivity contribution in [3.63, 3.8) is 0 Å². The standard InChI is InChI=1S/C22H23NO2/c1-4-5-14-25-22(24)20(15-23)21(18-10-6-16(2)7-11-18)19-12-8-17(3)9-13-19/h6-13H,4-5,14H2,1-3H3. The first kappa shape index (κ1) is 18.5. The SMILES string of the molecule is CCCCOC(=O)C(C#N)=C(c1ccc(C)cc1)c1ccc(C)cc1. The van der Waals surface area contributed by atoms with E-state index in [2.05, 4.69) is 6.07 Å². The van der Waals surface area contributed by atoms with Gasteiger partial charge in [0.2, 0.25) is 0 Å². The Morgan fingerprint density at radius 1 is 0.960 bits per heavy atom. The molecule has 0 unspecified atom stereocenters. The quantitative estimate of drug-likeness (QED) is 0.324. The number of nitriles is 1. The van der Waals surface area contributed by atoms with Crippen molar-refractivity contribution in [2.45, 2.75) is 33.6 Å². The average molecular weight is 333 g/mol. The molecular weight excluding hydrogens is 310 g/mol. The summed E-state index contributed by atoms with van der Waals surface area (Å²) < 4.78 is 5.29. The number of carbonyl (C=O) groups excluding carboxylic acids is 1. The summed E-state index contributed by atoms with van der Waals surface area (Å²) >= 11 is 0. The van der Waals surface area contributed by atoms with Crippen molar-refractivity contribution in [1.82, 2.24) is 0 Å². The van der Waals surface area contributed by atoms with Gasteiger partial charge in [0.15, 0.2) is 0 Å². The highest BCUT2D eigenvalue weighted by Gasteiger charge is 2.19. The third-order valence-electron chi connectivity index (χ3n) is 3.98. The molecule has 2 aromatic carbocycles. The van der Waals surface area contributed by atoms with E-state index in [0.29, 0.717) is 12.2 Å². The van der Waals surface area contributed by atoms with Crippen LogP contribution in [0.25, 0.3) is 5.57 Å². The molecule has 0 N–H and O–H groups in total. The Balaban J connectivity index is 2.55. The third kappa shape index (κ3) is 4.81. The van der Waals surface area contributed by atoms with Gasteiger partial charge in [-0.15, -0.1) is 0 Å². The van der Waals surface area contributed by atoms with E-state index in [0.717, 1.165) is 35.1 Å². The lowest BCUT2D eigenvalue weighted by Crippen LogP contribution is -2.10. The lowest BCUT2D eigenvalue weighted by molar-refractivity contribution is -0.138. The van der Waals surface area contributed by atoms with Crippen LogP contribution >= 0.6 is 0 Å². The minimum absolute atomic E-state index is 0.0452. The molecule has 0 spiro atoms. The van der Waals surface area contributed by atoms with Crippen LogP contribution in [-0.2, 0) is 9.53 Å². The van der Waals surface area contributed by atoms with Crippen LogP contribution in [0.2, 0.25) is 0 Å². The van der Waals surface area contributed by atoms with Gasteiger partial charge >= 0.3 is 5.97 Å². The fourth-order valence-electron chi connectivity index (χ4n) is 2.48. The van der Waals surface area contributed by atoms with Gasteiger partial charge < -0.3 is 4.74 Å². The Hall–Kier alpha value is -2.86. The molecule has 0 bridgehead atoms. The Morgan fingerprint density at radius 3 is 1.84 bits per heavy atom. The van der Waals surface area contributed by atoms with Crippen molar-refractivity contribution in [3.8, 4) is 6.07 Å². The maximum Gasteiger partial charge on any atom is 0.349 e. The molecule has 3 heteroatoms. The van der Waals surface area contributed by atoms with Crippen molar-refractivity contribution < 1.29 is 9.53 Å². The highest BCUT2D eigenvalue weighted by molar-refractivity contribution is 6.05. The lowest BCUT2D eigenvalue weighted by atomic mass is 9.92. The first-order valence-corrected chi connectivity index (χ1v) is 8.52. The monoisotopic (exact) mass is 333 g/mol. The molecule has 2 aromatic rings. The van der Waals surface area contributed by atoms with Crippen molar-refractivity contribution in [2.75, 3.05) is 6.61 Å². The van der Waals surface area contributed by atoms with Gasteiger partial charge in [-0.2, -0.15) is 5.26 Å². The molecule has 0 radical (unpaired) electrons. The van der Waals surface area contributed by atoms with Crippen LogP contribution in [0.4, 0.5) is 0 Å². The van der Waals surface area contributed by atoms with E-state index in [4.69, 9.17) is 4.74 Å². The van der Waals surface area contributed by atoms with Crippen molar-refractivity contribution >= 4 is 11.5 Å². The topological polar surface area (TPSA) is 50.1 Å². The number of rotatable bonds is 6. The van der Waals surface area contributed by atoms with Gasteiger partial charge in [-0.25, -0.2) is 4.79 Å². The van der Waals surface area contributed by atoms with Gasteiger partial charge in [0, 0.05) is 5.57 Å². The zero-order valence-electron chi connectivity index (χ0n) is 15.0. The predicted molar refractivity (Wildman–Crippen MR) is 99.9 cm³/mol. The second-order valence-corrected chi connectivity index (χ2v) is 6.08. The smallest absolute Gasteiger partial charge is 0.349 e. The summed E-state index contributed by atoms with van der Waals surface area (Å²) in [6, 6.07) is 17.7. The van der Waals surface area contributed by atoms with Gasteiger partial charge in [0.1, 0.15) is 11.6 Å². The highest BCUT2D eigenvalue weighted by atomic mass is 16.5. The van der Waals surface area contributed by atoms with Crippen molar-refractivity contribution in [1.29, 1.82) is 5.26 Å². The van der Waals surface area contributed by atoms with E-state index in [1.165, 1.54) is 0 Å². The summed E-state index contributed by atoms with van der Waals surface area (Å²) in [4.78, 5) is 12.5. The molecule has 128 valence electrons. The van der Waals surface area contributed by atoms with Crippen LogP contribution in [0.5, 0.6) is 0 Å². The van der Waals surface area contributed by atoms with Gasteiger partial charge in [0.25, 0.3) is 0 Å². The number of hydrogen-bond acceptors (Lipinski definition) is 3. The fourth-order valence-corrected chi connectivity index (χ4v) is 2.48. The summed E-state index contributed by atoms with van der Waals surface area (Å²) in [7, 11) is 0. The molecule has 0 fully saturated rings. The number of carbonyl (C=O) groups is 1. The Bertz CT molecular complexity index is 746. The second kappa shape index (κ2) is 8.84. The van der Waals surface area contributed by atoms with Crippen LogP contribution in [0, 0.1) is 25.2 Å². The molecule has 0 saturated carbocycles. The zero-order chi connectivity index (χ0) is 18.2. The molecule has 0 aliphatic carbocycles. The Kier molecular flexibility index (Phi) is 6.54. The number of unbranched alkanes of at least 4 members (excludes halogenated alkanes) is 1. The predicted octanol–water partition coefficient (Wildman–Crippen LogP) is 4.97. The van der Waals surface area contributed by atoms with E-state index in [9.17, 15) is 10.1 Å². The van der Waals surface area contributed by atoms with Gasteiger partial charge in [-0.05, 0) is 31.4 Å². The normalized spacial score (nSPS) is 10.0. The maximum atomic E-state index is 12.5.